The summed E-state index contributed by atoms with van der Waals surface area (Å²) in [6.45, 7) is 0.766. The van der Waals surface area contributed by atoms with Crippen molar-refractivity contribution in [1.29, 1.82) is 0 Å². The maximum atomic E-state index is 12.6. The number of phosphoric acid groups is 3. The molecular formula is C14H20N3O13P3. The van der Waals surface area contributed by atoms with E-state index in [1.807, 2.05) is 0 Å². The number of esters is 1. The van der Waals surface area contributed by atoms with E-state index in [0.717, 1.165) is 0 Å². The summed E-state index contributed by atoms with van der Waals surface area (Å²) < 4.78 is 56.6. The van der Waals surface area contributed by atoms with Crippen LogP contribution in [0.3, 0.4) is 0 Å². The van der Waals surface area contributed by atoms with Gasteiger partial charge in [0.15, 0.2) is 0 Å². The Morgan fingerprint density at radius 1 is 1.18 bits per heavy atom. The Labute approximate surface area is 186 Å². The second-order valence-corrected chi connectivity index (χ2v) is 11.0. The molecule has 5 unspecified atom stereocenters. The molecule has 1 saturated heterocycles. The molecule has 1 fully saturated rings. The lowest BCUT2D eigenvalue weighted by Gasteiger charge is -2.21. The summed E-state index contributed by atoms with van der Waals surface area (Å²) in [5, 5.41) is 3.40. The zero-order chi connectivity index (χ0) is 24.9. The molecule has 1 aliphatic heterocycles. The number of rotatable bonds is 11. The van der Waals surface area contributed by atoms with Gasteiger partial charge < -0.3 is 29.0 Å². The van der Waals surface area contributed by atoms with Gasteiger partial charge in [-0.1, -0.05) is 23.3 Å². The van der Waals surface area contributed by atoms with Crippen molar-refractivity contribution in [2.24, 2.45) is 5.11 Å². The lowest BCUT2D eigenvalue weighted by atomic mass is 10.1. The van der Waals surface area contributed by atoms with Crippen molar-refractivity contribution in [1.82, 2.24) is 0 Å². The third kappa shape index (κ3) is 9.26. The number of ether oxygens (including phenoxy) is 2. The predicted octanol–water partition coefficient (Wildman–Crippen LogP) is 2.54. The van der Waals surface area contributed by atoms with Crippen molar-refractivity contribution in [3.05, 3.63) is 45.8 Å². The molecule has 2 rings (SSSR count). The van der Waals surface area contributed by atoms with Gasteiger partial charge in [-0.05, 0) is 24.1 Å². The van der Waals surface area contributed by atoms with Gasteiger partial charge in [-0.3, -0.25) is 4.52 Å². The molecule has 33 heavy (non-hydrogen) atoms. The minimum Gasteiger partial charge on any atom is -0.456 e. The molecule has 4 N–H and O–H groups in total. The summed E-state index contributed by atoms with van der Waals surface area (Å²) in [6, 6.07) is 6.21. The molecule has 19 heteroatoms. The molecule has 16 nitrogen and oxygen atoms in total. The quantitative estimate of drug-likeness (QED) is 0.106. The Hall–Kier alpha value is -1.63. The van der Waals surface area contributed by atoms with Gasteiger partial charge in [0.05, 0.1) is 24.8 Å². The maximum absolute atomic E-state index is 12.6. The summed E-state index contributed by atoms with van der Waals surface area (Å²) in [7, 11) is -16.5. The van der Waals surface area contributed by atoms with Gasteiger partial charge in [0, 0.05) is 11.3 Å². The summed E-state index contributed by atoms with van der Waals surface area (Å²) in [6.07, 6.45) is -2.35. The van der Waals surface area contributed by atoms with E-state index in [4.69, 9.17) is 24.8 Å². The monoisotopic (exact) mass is 531 g/mol. The van der Waals surface area contributed by atoms with Crippen LogP contribution >= 0.6 is 23.5 Å². The van der Waals surface area contributed by atoms with Crippen molar-refractivity contribution >= 4 is 29.4 Å². The van der Waals surface area contributed by atoms with Crippen molar-refractivity contribution in [2.45, 2.75) is 38.2 Å². The molecule has 1 heterocycles. The van der Waals surface area contributed by atoms with Crippen LogP contribution in [-0.2, 0) is 42.9 Å². The Bertz CT molecular complexity index is 1060. The van der Waals surface area contributed by atoms with Crippen LogP contribution in [0.2, 0.25) is 0 Å². The van der Waals surface area contributed by atoms with Crippen LogP contribution < -0.4 is 0 Å². The van der Waals surface area contributed by atoms with E-state index in [-0.39, 0.29) is 18.5 Å². The van der Waals surface area contributed by atoms with E-state index < -0.39 is 54.4 Å². The number of hydrogen-bond acceptors (Lipinski definition) is 10. The molecule has 1 aromatic rings. The molecule has 5 atom stereocenters. The molecule has 0 amide bonds. The second kappa shape index (κ2) is 11.2. The minimum absolute atomic E-state index is 0.102. The minimum atomic E-state index is -5.66. The van der Waals surface area contributed by atoms with E-state index in [1.165, 1.54) is 6.07 Å². The maximum Gasteiger partial charge on any atom is 0.490 e. The lowest BCUT2D eigenvalue weighted by molar-refractivity contribution is -0.0303. The van der Waals surface area contributed by atoms with Crippen LogP contribution in [0.1, 0.15) is 29.3 Å². The van der Waals surface area contributed by atoms with E-state index in [0.29, 0.717) is 5.56 Å². The summed E-state index contributed by atoms with van der Waals surface area (Å²) in [4.78, 5) is 51.1. The van der Waals surface area contributed by atoms with E-state index >= 15 is 0 Å². The topological polar surface area (TPSA) is 244 Å². The molecule has 1 aliphatic rings. The number of phosphoric ester groups is 1. The van der Waals surface area contributed by atoms with Crippen LogP contribution in [0.15, 0.2) is 29.4 Å². The highest BCUT2D eigenvalue weighted by molar-refractivity contribution is 7.66. The van der Waals surface area contributed by atoms with Gasteiger partial charge in [0.25, 0.3) is 0 Å². The number of hydrogen-bond donors (Lipinski definition) is 4. The first-order valence-electron chi connectivity index (χ1n) is 8.95. The largest absolute Gasteiger partial charge is 0.490 e. The average molecular weight is 531 g/mol. The predicted molar refractivity (Wildman–Crippen MR) is 107 cm³/mol. The van der Waals surface area contributed by atoms with Crippen molar-refractivity contribution in [3.63, 3.8) is 0 Å². The Morgan fingerprint density at radius 3 is 2.48 bits per heavy atom. The van der Waals surface area contributed by atoms with E-state index in [9.17, 15) is 28.3 Å². The third-order valence-corrected chi connectivity index (χ3v) is 7.81. The van der Waals surface area contributed by atoms with E-state index in [2.05, 4.69) is 23.2 Å². The van der Waals surface area contributed by atoms with Gasteiger partial charge in [-0.25, -0.2) is 18.5 Å². The van der Waals surface area contributed by atoms with Crippen LogP contribution in [0.4, 0.5) is 0 Å². The lowest BCUT2D eigenvalue weighted by Crippen LogP contribution is -2.31. The average Bonchev–Trinajstić information content (AvgIpc) is 3.01. The van der Waals surface area contributed by atoms with Gasteiger partial charge in [-0.2, -0.15) is 8.62 Å². The number of carbonyl (C=O) groups excluding carboxylic acids is 1. The molecule has 0 radical (unpaired) electrons. The molecule has 0 saturated carbocycles. The smallest absolute Gasteiger partial charge is 0.456 e. The first-order chi connectivity index (χ1) is 15.2. The standard InChI is InChI=1S/C14H20N3O13P3/c1-9-6-12(28-14(18)11-5-3-2-4-10(11)7-16-17-15)13(27-9)8-26-32(22,23)30-33(24,25)29-31(19,20)21/h2-5,9,12-13H,6-8H2,1H3,(H,22,23)(H,24,25)(H2,19,20,21). The highest BCUT2D eigenvalue weighted by atomic mass is 31.3. The first-order valence-corrected chi connectivity index (χ1v) is 13.5. The number of benzene rings is 1. The Morgan fingerprint density at radius 2 is 1.85 bits per heavy atom. The van der Waals surface area contributed by atoms with Crippen LogP contribution in [0.5, 0.6) is 0 Å². The van der Waals surface area contributed by atoms with Gasteiger partial charge in [0.1, 0.15) is 12.2 Å². The summed E-state index contributed by atoms with van der Waals surface area (Å²) in [5.74, 6) is -0.787. The SMILES string of the molecule is CC1CC(OC(=O)c2ccccc2CN=[N+]=[N-])C(COP(=O)(O)OP(=O)(O)OP(=O)(O)O)O1. The zero-order valence-corrected chi connectivity index (χ0v) is 19.5. The molecule has 184 valence electrons. The highest BCUT2D eigenvalue weighted by Crippen LogP contribution is 2.66. The molecule has 0 aliphatic carbocycles. The van der Waals surface area contributed by atoms with Crippen molar-refractivity contribution in [3.8, 4) is 0 Å². The number of azide groups is 1. The second-order valence-electron chi connectivity index (χ2n) is 6.60. The number of carbonyl (C=O) groups is 1. The van der Waals surface area contributed by atoms with E-state index in [1.54, 1.807) is 25.1 Å². The van der Waals surface area contributed by atoms with Crippen molar-refractivity contribution in [2.75, 3.05) is 6.61 Å². The Balaban J connectivity index is 2.04. The third-order valence-electron chi connectivity index (χ3n) is 4.00. The fraction of sp³-hybridized carbons (Fsp3) is 0.500. The molecular weight excluding hydrogens is 511 g/mol. The first kappa shape index (κ1) is 27.6. The highest BCUT2D eigenvalue weighted by Gasteiger charge is 2.43. The normalized spacial score (nSPS) is 24.3. The molecule has 0 spiro atoms. The fourth-order valence-corrected chi connectivity index (χ4v) is 5.86. The fourth-order valence-electron chi connectivity index (χ4n) is 2.83. The molecule has 0 aromatic heterocycles. The van der Waals surface area contributed by atoms with Gasteiger partial charge in [-0.15, -0.1) is 0 Å². The Kier molecular flexibility index (Phi) is 9.37. The van der Waals surface area contributed by atoms with Gasteiger partial charge in [0.2, 0.25) is 0 Å². The zero-order valence-electron chi connectivity index (χ0n) is 16.8. The van der Waals surface area contributed by atoms with Crippen LogP contribution in [-0.4, -0.2) is 50.5 Å². The molecule has 0 bridgehead atoms. The van der Waals surface area contributed by atoms with Gasteiger partial charge >= 0.3 is 29.4 Å². The summed E-state index contributed by atoms with van der Waals surface area (Å²) in [5.41, 5.74) is 9.00. The van der Waals surface area contributed by atoms with Crippen LogP contribution in [0, 0.1) is 0 Å². The number of nitrogens with zero attached hydrogens (tertiary/aromatic N) is 3. The van der Waals surface area contributed by atoms with Crippen LogP contribution in [0.25, 0.3) is 10.4 Å². The van der Waals surface area contributed by atoms with Crippen molar-refractivity contribution < 1.29 is 60.7 Å². The summed E-state index contributed by atoms with van der Waals surface area (Å²) >= 11 is 0. The molecule has 1 aromatic carbocycles.